The average molecular weight is 675 g/mol. The molecule has 3 aromatic carbocycles. The van der Waals surface area contributed by atoms with Crippen molar-refractivity contribution in [2.75, 3.05) is 26.9 Å². The fourth-order valence-corrected chi connectivity index (χ4v) is 6.11. The van der Waals surface area contributed by atoms with Crippen LogP contribution in [0.2, 0.25) is 10.0 Å². The summed E-state index contributed by atoms with van der Waals surface area (Å²) in [5, 5.41) is 7.00. The molecule has 4 rings (SSSR count). The molecule has 3 aromatic rings. The fraction of sp³-hybridized carbons (Fsp3) is 0.429. The summed E-state index contributed by atoms with van der Waals surface area (Å²) in [6.07, 6.45) is 2.99. The molecule has 0 radical (unpaired) electrons. The summed E-state index contributed by atoms with van der Waals surface area (Å²) < 4.78 is 32.0. The summed E-state index contributed by atoms with van der Waals surface area (Å²) >= 11 is 13.4. The SMILES string of the molecule is COCCOc1ccc(C(N)=O)c(-c2cc(C(CNC3CCC(NC(=O)OC(C)(C)C)CC3)c3ccccc3)cc(Cl)c2Cl)c1F. The van der Waals surface area contributed by atoms with Crippen molar-refractivity contribution in [3.63, 3.8) is 0 Å². The van der Waals surface area contributed by atoms with Crippen molar-refractivity contribution in [3.05, 3.63) is 87.2 Å². The van der Waals surface area contributed by atoms with Gasteiger partial charge in [-0.3, -0.25) is 4.79 Å². The second kappa shape index (κ2) is 16.0. The third-order valence-corrected chi connectivity index (χ3v) is 8.70. The molecule has 8 nitrogen and oxygen atoms in total. The number of carbonyl (C=O) groups is 2. The Morgan fingerprint density at radius 3 is 2.28 bits per heavy atom. The Morgan fingerprint density at radius 2 is 1.65 bits per heavy atom. The smallest absolute Gasteiger partial charge is 0.407 e. The number of nitrogens with one attached hydrogen (secondary N) is 2. The lowest BCUT2D eigenvalue weighted by Gasteiger charge is -2.32. The van der Waals surface area contributed by atoms with Crippen LogP contribution in [-0.4, -0.2) is 56.6 Å². The van der Waals surface area contributed by atoms with Gasteiger partial charge in [-0.15, -0.1) is 0 Å². The molecule has 11 heteroatoms. The summed E-state index contributed by atoms with van der Waals surface area (Å²) in [7, 11) is 1.52. The van der Waals surface area contributed by atoms with Gasteiger partial charge in [-0.1, -0.05) is 53.5 Å². The molecule has 0 aromatic heterocycles. The van der Waals surface area contributed by atoms with Crippen molar-refractivity contribution >= 4 is 35.2 Å². The molecule has 1 unspecified atom stereocenters. The summed E-state index contributed by atoms with van der Waals surface area (Å²) in [5.41, 5.74) is 7.05. The van der Waals surface area contributed by atoms with E-state index in [9.17, 15) is 9.59 Å². The third-order valence-electron chi connectivity index (χ3n) is 7.90. The maximum atomic E-state index is 16.0. The van der Waals surface area contributed by atoms with Crippen LogP contribution in [0.15, 0.2) is 54.6 Å². The van der Waals surface area contributed by atoms with E-state index in [4.69, 9.17) is 43.1 Å². The van der Waals surface area contributed by atoms with E-state index in [2.05, 4.69) is 10.6 Å². The Kier molecular flexibility index (Phi) is 12.3. The molecular formula is C35H42Cl2FN3O5. The summed E-state index contributed by atoms with van der Waals surface area (Å²) in [5.74, 6) is -1.83. The van der Waals surface area contributed by atoms with Crippen molar-refractivity contribution in [2.45, 2.75) is 70.1 Å². The lowest BCUT2D eigenvalue weighted by Crippen LogP contribution is -2.44. The predicted octanol–water partition coefficient (Wildman–Crippen LogP) is 7.48. The number of hydrogen-bond donors (Lipinski definition) is 3. The van der Waals surface area contributed by atoms with Crippen LogP contribution in [0.4, 0.5) is 9.18 Å². The number of amides is 2. The molecule has 1 aliphatic carbocycles. The van der Waals surface area contributed by atoms with Gasteiger partial charge in [0.05, 0.1) is 22.2 Å². The first kappa shape index (κ1) is 35.5. The monoisotopic (exact) mass is 673 g/mol. The van der Waals surface area contributed by atoms with Crippen molar-refractivity contribution < 1.29 is 28.2 Å². The van der Waals surface area contributed by atoms with Gasteiger partial charge in [0.1, 0.15) is 12.2 Å². The topological polar surface area (TPSA) is 112 Å². The molecule has 0 spiro atoms. The van der Waals surface area contributed by atoms with Gasteiger partial charge in [-0.25, -0.2) is 9.18 Å². The minimum atomic E-state index is -0.812. The minimum Gasteiger partial charge on any atom is -0.488 e. The van der Waals surface area contributed by atoms with E-state index in [0.29, 0.717) is 6.54 Å². The normalized spacial score (nSPS) is 17.3. The van der Waals surface area contributed by atoms with Crippen LogP contribution in [0.3, 0.4) is 0 Å². The molecule has 4 N–H and O–H groups in total. The fourth-order valence-electron chi connectivity index (χ4n) is 5.68. The number of alkyl carbamates (subject to hydrolysis) is 1. The van der Waals surface area contributed by atoms with Crippen molar-refractivity contribution in [1.82, 2.24) is 10.6 Å². The highest BCUT2D eigenvalue weighted by atomic mass is 35.5. The molecule has 46 heavy (non-hydrogen) atoms. The van der Waals surface area contributed by atoms with Crippen molar-refractivity contribution in [2.24, 2.45) is 5.73 Å². The van der Waals surface area contributed by atoms with Crippen LogP contribution < -0.4 is 21.1 Å². The minimum absolute atomic E-state index is 0.0437. The van der Waals surface area contributed by atoms with E-state index < -0.39 is 23.4 Å². The van der Waals surface area contributed by atoms with Gasteiger partial charge < -0.3 is 30.6 Å². The Balaban J connectivity index is 1.61. The standard InChI is InChI=1S/C35H42Cl2FN3O5/c1-35(2,3)46-34(43)41-24-12-10-23(11-13-24)40-20-27(21-8-6-5-7-9-21)22-18-26(31(37)28(36)19-22)30-25(33(39)42)14-15-29(32(30)38)45-17-16-44-4/h5-9,14-15,18-19,23-24,27,40H,10-13,16-17,20H2,1-4H3,(H2,39,42)(H,41,43). The molecule has 2 amide bonds. The zero-order chi connectivity index (χ0) is 33.4. The summed E-state index contributed by atoms with van der Waals surface area (Å²) in [6.45, 7) is 6.45. The number of carbonyl (C=O) groups excluding carboxylic acids is 2. The lowest BCUT2D eigenvalue weighted by atomic mass is 9.87. The molecule has 1 fully saturated rings. The average Bonchev–Trinajstić information content (AvgIpc) is 3.00. The highest BCUT2D eigenvalue weighted by Crippen LogP contribution is 2.42. The molecular weight excluding hydrogens is 632 g/mol. The zero-order valence-electron chi connectivity index (χ0n) is 26.6. The number of benzene rings is 3. The van der Waals surface area contributed by atoms with Gasteiger partial charge >= 0.3 is 6.09 Å². The van der Waals surface area contributed by atoms with Crippen LogP contribution in [-0.2, 0) is 9.47 Å². The van der Waals surface area contributed by atoms with Gasteiger partial charge in [0.15, 0.2) is 11.6 Å². The number of nitrogens with two attached hydrogens (primary N) is 1. The number of hydrogen-bond acceptors (Lipinski definition) is 6. The number of primary amides is 1. The van der Waals surface area contributed by atoms with E-state index in [1.807, 2.05) is 51.1 Å². The molecule has 1 aliphatic rings. The first-order valence-electron chi connectivity index (χ1n) is 15.4. The quantitative estimate of drug-likeness (QED) is 0.172. The number of ether oxygens (including phenoxy) is 3. The number of methoxy groups -OCH3 is 1. The Morgan fingerprint density at radius 1 is 0.978 bits per heavy atom. The van der Waals surface area contributed by atoms with Crippen molar-refractivity contribution in [3.8, 4) is 16.9 Å². The van der Waals surface area contributed by atoms with Crippen LogP contribution in [0.25, 0.3) is 11.1 Å². The molecule has 0 bridgehead atoms. The Bertz CT molecular complexity index is 1510. The highest BCUT2D eigenvalue weighted by molar-refractivity contribution is 6.44. The van der Waals surface area contributed by atoms with Crippen LogP contribution in [0, 0.1) is 5.82 Å². The molecule has 0 saturated heterocycles. The summed E-state index contributed by atoms with van der Waals surface area (Å²) in [4.78, 5) is 24.7. The number of halogens is 3. The van der Waals surface area contributed by atoms with E-state index in [1.54, 1.807) is 12.1 Å². The maximum Gasteiger partial charge on any atom is 0.407 e. The van der Waals surface area contributed by atoms with Gasteiger partial charge in [0.2, 0.25) is 5.91 Å². The van der Waals surface area contributed by atoms with E-state index in [0.717, 1.165) is 36.8 Å². The first-order chi connectivity index (χ1) is 21.9. The number of rotatable bonds is 12. The highest BCUT2D eigenvalue weighted by Gasteiger charge is 2.28. The molecule has 1 saturated carbocycles. The Labute approximate surface area is 280 Å². The maximum absolute atomic E-state index is 16.0. The largest absolute Gasteiger partial charge is 0.488 e. The Hall–Kier alpha value is -3.37. The van der Waals surface area contributed by atoms with Gasteiger partial charge in [0.25, 0.3) is 0 Å². The van der Waals surface area contributed by atoms with E-state index in [-0.39, 0.29) is 63.7 Å². The second-order valence-corrected chi connectivity index (χ2v) is 13.2. The zero-order valence-corrected chi connectivity index (χ0v) is 28.1. The van der Waals surface area contributed by atoms with Crippen LogP contribution >= 0.6 is 23.2 Å². The predicted molar refractivity (Wildman–Crippen MR) is 179 cm³/mol. The van der Waals surface area contributed by atoms with Crippen LogP contribution in [0.1, 0.15) is 73.9 Å². The third kappa shape index (κ3) is 9.35. The van der Waals surface area contributed by atoms with Gasteiger partial charge in [0, 0.05) is 42.8 Å². The molecule has 248 valence electrons. The van der Waals surface area contributed by atoms with Crippen LogP contribution in [0.5, 0.6) is 5.75 Å². The second-order valence-electron chi connectivity index (χ2n) is 12.4. The first-order valence-corrected chi connectivity index (χ1v) is 16.1. The summed E-state index contributed by atoms with van der Waals surface area (Å²) in [6, 6.07) is 16.5. The van der Waals surface area contributed by atoms with Crippen molar-refractivity contribution in [1.29, 1.82) is 0 Å². The van der Waals surface area contributed by atoms with Gasteiger partial charge in [-0.05, 0) is 81.8 Å². The molecule has 0 aliphatic heterocycles. The molecule has 0 heterocycles. The lowest BCUT2D eigenvalue weighted by molar-refractivity contribution is 0.0489. The van der Waals surface area contributed by atoms with E-state index in [1.165, 1.54) is 19.2 Å². The van der Waals surface area contributed by atoms with Gasteiger partial charge in [-0.2, -0.15) is 0 Å². The molecule has 1 atom stereocenters. The van der Waals surface area contributed by atoms with E-state index >= 15 is 4.39 Å².